The van der Waals surface area contributed by atoms with Gasteiger partial charge in [-0.3, -0.25) is 19.6 Å². The standard InChI is InChI=1S/C26H22N6O.C19H18ClN5O.C7H6BNO2/c1-18-17-31(26(33)20-7-4-3-5-8-20)15-16-32(18)25-24-22(9-6-14-28-24)23(29-30-25)19-10-12-21(27-2)13-11-19;1-13-12-24(19(26)14-6-3-2-4-7-14)10-11-25(13)18-16-15(8-5-9-21-16)17(20)22-23-18;1-9-7-4-2-6(3-5-7)8(10)11/h3-14,18H,15-17H2,1H3;2-9,13H,10-12H2,1H3;2-5,10-11H/t18-;13-;/m11./s1. The summed E-state index contributed by atoms with van der Waals surface area (Å²) in [7, 11) is -1.45. The summed E-state index contributed by atoms with van der Waals surface area (Å²) in [6.07, 6.45) is 3.49. The van der Waals surface area contributed by atoms with Crippen molar-refractivity contribution in [3.05, 3.63) is 185 Å². The first kappa shape index (κ1) is 48.1. The maximum absolute atomic E-state index is 12.9. The summed E-state index contributed by atoms with van der Waals surface area (Å²) in [4.78, 5) is 49.4. The molecule has 2 N–H and O–H groups in total. The minimum Gasteiger partial charge on any atom is -0.423 e. The number of benzene rings is 4. The number of piperazine rings is 2. The first-order valence-corrected chi connectivity index (χ1v) is 22.8. The van der Waals surface area contributed by atoms with E-state index in [0.717, 1.165) is 38.9 Å². The molecule has 2 aliphatic heterocycles. The number of hydrogen-bond acceptors (Lipinski definition) is 12. The maximum atomic E-state index is 12.9. The number of carbonyl (C=O) groups is 2. The van der Waals surface area contributed by atoms with Crippen LogP contribution >= 0.6 is 11.6 Å². The fraction of sp³-hybridized carbons (Fsp3) is 0.192. The van der Waals surface area contributed by atoms with Gasteiger partial charge in [0.15, 0.2) is 28.2 Å². The first-order chi connectivity index (χ1) is 34.0. The molecular formula is C52H46BClN12O4. The van der Waals surface area contributed by atoms with Crippen LogP contribution in [0, 0.1) is 13.1 Å². The van der Waals surface area contributed by atoms with Crippen LogP contribution in [-0.2, 0) is 0 Å². The highest BCUT2D eigenvalue weighted by atomic mass is 35.5. The van der Waals surface area contributed by atoms with Gasteiger partial charge in [0.25, 0.3) is 11.8 Å². The molecule has 0 spiro atoms. The number of nitrogens with zero attached hydrogens (tertiary/aromatic N) is 12. The van der Waals surface area contributed by atoms with E-state index in [4.69, 9.17) is 34.8 Å². The molecule has 18 heteroatoms. The molecule has 8 aromatic rings. The van der Waals surface area contributed by atoms with E-state index >= 15 is 0 Å². The van der Waals surface area contributed by atoms with Gasteiger partial charge in [0.2, 0.25) is 0 Å². The molecule has 2 saturated heterocycles. The van der Waals surface area contributed by atoms with Gasteiger partial charge in [-0.25, -0.2) is 9.69 Å². The number of carbonyl (C=O) groups excluding carboxylic acids is 2. The van der Waals surface area contributed by atoms with E-state index < -0.39 is 7.12 Å². The van der Waals surface area contributed by atoms with E-state index in [1.54, 1.807) is 36.7 Å². The number of aromatic nitrogens is 6. The monoisotopic (exact) mass is 948 g/mol. The Bertz CT molecular complexity index is 3200. The Morgan fingerprint density at radius 1 is 0.586 bits per heavy atom. The lowest BCUT2D eigenvalue weighted by molar-refractivity contribution is 0.0719. The Hall–Kier alpha value is -8.35. The van der Waals surface area contributed by atoms with Crippen LogP contribution in [0.1, 0.15) is 34.6 Å². The molecule has 6 heterocycles. The van der Waals surface area contributed by atoms with Crippen LogP contribution in [0.5, 0.6) is 0 Å². The van der Waals surface area contributed by atoms with Crippen LogP contribution in [0.25, 0.3) is 42.8 Å². The molecule has 0 unspecified atom stereocenters. The molecule has 16 nitrogen and oxygen atoms in total. The molecule has 348 valence electrons. The Morgan fingerprint density at radius 2 is 1.04 bits per heavy atom. The van der Waals surface area contributed by atoms with Crippen molar-refractivity contribution in [2.24, 2.45) is 0 Å². The van der Waals surface area contributed by atoms with Gasteiger partial charge in [-0.2, -0.15) is 0 Å². The van der Waals surface area contributed by atoms with Crippen molar-refractivity contribution in [2.75, 3.05) is 49.1 Å². The van der Waals surface area contributed by atoms with Gasteiger partial charge in [0, 0.05) is 91.2 Å². The van der Waals surface area contributed by atoms with Crippen molar-refractivity contribution < 1.29 is 19.6 Å². The van der Waals surface area contributed by atoms with Gasteiger partial charge in [-0.1, -0.05) is 96.5 Å². The number of amides is 2. The van der Waals surface area contributed by atoms with E-state index in [0.29, 0.717) is 78.2 Å². The van der Waals surface area contributed by atoms with Gasteiger partial charge in [0.05, 0.1) is 13.1 Å². The summed E-state index contributed by atoms with van der Waals surface area (Å²) < 4.78 is 0. The molecule has 0 bridgehead atoms. The van der Waals surface area contributed by atoms with Gasteiger partial charge in [0.1, 0.15) is 16.7 Å². The highest BCUT2D eigenvalue weighted by Gasteiger charge is 2.32. The van der Waals surface area contributed by atoms with Gasteiger partial charge < -0.3 is 29.6 Å². The second-order valence-electron chi connectivity index (χ2n) is 16.5. The molecule has 70 heavy (non-hydrogen) atoms. The molecular weight excluding hydrogens is 903 g/mol. The average molecular weight is 949 g/mol. The zero-order valence-electron chi connectivity index (χ0n) is 38.3. The predicted octanol–water partition coefficient (Wildman–Crippen LogP) is 7.54. The average Bonchev–Trinajstić information content (AvgIpc) is 3.41. The highest BCUT2D eigenvalue weighted by molar-refractivity contribution is 6.58. The zero-order chi connectivity index (χ0) is 49.1. The molecule has 4 aromatic carbocycles. The van der Waals surface area contributed by atoms with Gasteiger partial charge in [-0.15, -0.1) is 20.4 Å². The fourth-order valence-electron chi connectivity index (χ4n) is 8.37. The van der Waals surface area contributed by atoms with Gasteiger partial charge >= 0.3 is 7.12 Å². The largest absolute Gasteiger partial charge is 0.488 e. The SMILES string of the molecule is C[C@@H]1CN(C(=O)c2ccccc2)CCN1c1nnc(Cl)c2cccnc12.[C-]#[N+]c1ccc(-c2nnc(N3CCN(C(=O)c4ccccc4)C[C@H]3C)c3ncccc23)cc1.[C-]#[N+]c1ccc(B(O)O)cc1. The Kier molecular flexibility index (Phi) is 15.2. The maximum Gasteiger partial charge on any atom is 0.488 e. The summed E-state index contributed by atoms with van der Waals surface area (Å²) in [6, 6.07) is 40.0. The summed E-state index contributed by atoms with van der Waals surface area (Å²) in [5.74, 6) is 1.55. The second-order valence-corrected chi connectivity index (χ2v) is 16.9. The smallest absolute Gasteiger partial charge is 0.423 e. The summed E-state index contributed by atoms with van der Waals surface area (Å²) in [5, 5.41) is 36.9. The lowest BCUT2D eigenvalue weighted by Crippen LogP contribution is -2.54. The Balaban J connectivity index is 0.000000158. The van der Waals surface area contributed by atoms with Crippen LogP contribution in [0.3, 0.4) is 0 Å². The highest BCUT2D eigenvalue weighted by Crippen LogP contribution is 2.33. The number of halogens is 1. The van der Waals surface area contributed by atoms with Crippen LogP contribution in [0.4, 0.5) is 23.0 Å². The van der Waals surface area contributed by atoms with Crippen LogP contribution in [0.2, 0.25) is 5.15 Å². The number of anilines is 2. The Morgan fingerprint density at radius 3 is 1.51 bits per heavy atom. The number of pyridine rings is 2. The van der Waals surface area contributed by atoms with Crippen molar-refractivity contribution in [1.29, 1.82) is 0 Å². The summed E-state index contributed by atoms with van der Waals surface area (Å²) >= 11 is 6.15. The van der Waals surface area contributed by atoms with Crippen LogP contribution in [0.15, 0.2) is 146 Å². The van der Waals surface area contributed by atoms with Crippen molar-refractivity contribution in [2.45, 2.75) is 25.9 Å². The quantitative estimate of drug-likeness (QED) is 0.124. The fourth-order valence-corrected chi connectivity index (χ4v) is 8.56. The van der Waals surface area contributed by atoms with E-state index in [9.17, 15) is 9.59 Å². The van der Waals surface area contributed by atoms with Crippen LogP contribution < -0.4 is 15.3 Å². The molecule has 0 radical (unpaired) electrons. The third kappa shape index (κ3) is 10.8. The lowest BCUT2D eigenvalue weighted by Gasteiger charge is -2.40. The first-order valence-electron chi connectivity index (χ1n) is 22.5. The third-order valence-electron chi connectivity index (χ3n) is 12.0. The summed E-state index contributed by atoms with van der Waals surface area (Å²) in [6.45, 7) is 21.7. The number of rotatable bonds is 6. The molecule has 0 aliphatic carbocycles. The Labute approximate surface area is 410 Å². The van der Waals surface area contributed by atoms with Crippen molar-refractivity contribution in [3.63, 3.8) is 0 Å². The van der Waals surface area contributed by atoms with E-state index in [-0.39, 0.29) is 23.9 Å². The lowest BCUT2D eigenvalue weighted by atomic mass is 9.80. The molecule has 2 amide bonds. The molecule has 0 saturated carbocycles. The third-order valence-corrected chi connectivity index (χ3v) is 12.3. The number of fused-ring (bicyclic) bond motifs is 2. The van der Waals surface area contributed by atoms with E-state index in [1.807, 2.05) is 107 Å². The molecule has 2 fully saturated rings. The topological polar surface area (TPSA) is 174 Å². The zero-order valence-corrected chi connectivity index (χ0v) is 39.0. The predicted molar refractivity (Wildman–Crippen MR) is 272 cm³/mol. The normalized spacial score (nSPS) is 15.4. The molecule has 4 aromatic heterocycles. The second kappa shape index (κ2) is 22.2. The van der Waals surface area contributed by atoms with Crippen molar-refractivity contribution >= 4 is 80.8 Å². The summed E-state index contributed by atoms with van der Waals surface area (Å²) in [5.41, 5.74) is 6.06. The van der Waals surface area contributed by atoms with Crippen molar-refractivity contribution in [3.8, 4) is 11.3 Å². The van der Waals surface area contributed by atoms with Gasteiger partial charge in [-0.05, 0) is 67.8 Å². The van der Waals surface area contributed by atoms with E-state index in [2.05, 4.69) is 63.7 Å². The molecule has 2 aliphatic rings. The van der Waals surface area contributed by atoms with Crippen molar-refractivity contribution in [1.82, 2.24) is 40.2 Å². The molecule has 10 rings (SSSR count). The molecule has 2 atom stereocenters. The number of hydrogen-bond donors (Lipinski definition) is 2. The minimum absolute atomic E-state index is 0.0503. The van der Waals surface area contributed by atoms with E-state index in [1.165, 1.54) is 12.1 Å². The minimum atomic E-state index is -1.45. The van der Waals surface area contributed by atoms with Crippen LogP contribution in [-0.4, -0.2) is 120 Å².